The topological polar surface area (TPSA) is 60.9 Å². The molecule has 1 aliphatic rings. The van der Waals surface area contributed by atoms with Gasteiger partial charge in [-0.3, -0.25) is 4.98 Å². The third-order valence-corrected chi connectivity index (χ3v) is 7.98. The predicted octanol–water partition coefficient (Wildman–Crippen LogP) is 8.87. The summed E-state index contributed by atoms with van der Waals surface area (Å²) in [7, 11) is 0. The molecule has 6 heteroatoms. The number of esters is 1. The van der Waals surface area contributed by atoms with Crippen molar-refractivity contribution >= 4 is 11.7 Å². The van der Waals surface area contributed by atoms with Crippen LogP contribution in [0.25, 0.3) is 22.3 Å². The van der Waals surface area contributed by atoms with Crippen molar-refractivity contribution in [1.82, 2.24) is 4.98 Å². The van der Waals surface area contributed by atoms with E-state index in [0.29, 0.717) is 0 Å². The molecule has 1 atom stereocenters. The van der Waals surface area contributed by atoms with Crippen molar-refractivity contribution in [3.05, 3.63) is 65.5 Å². The van der Waals surface area contributed by atoms with Crippen LogP contribution in [0.2, 0.25) is 0 Å². The lowest BCUT2D eigenvalue weighted by atomic mass is 9.81. The lowest BCUT2D eigenvalue weighted by Crippen LogP contribution is -2.39. The Kier molecular flexibility index (Phi) is 9.90. The molecule has 2 aromatic carbocycles. The number of carbonyl (C=O) groups is 1. The zero-order chi connectivity index (χ0) is 31.5. The van der Waals surface area contributed by atoms with Crippen molar-refractivity contribution in [3.8, 4) is 28.0 Å². The van der Waals surface area contributed by atoms with Crippen molar-refractivity contribution in [3.63, 3.8) is 0 Å². The van der Waals surface area contributed by atoms with Crippen LogP contribution in [-0.4, -0.2) is 42.4 Å². The molecule has 0 bridgehead atoms. The molecule has 0 spiro atoms. The quantitative estimate of drug-likeness (QED) is 0.233. The Morgan fingerprint density at radius 3 is 1.95 bits per heavy atom. The maximum atomic E-state index is 13.5. The number of nitrogens with zero attached hydrogens (tertiary/aromatic N) is 2. The number of aryl methyl sites for hydroxylation is 2. The number of aromatic nitrogens is 1. The molecule has 232 valence electrons. The minimum Gasteiger partial charge on any atom is -0.491 e. The van der Waals surface area contributed by atoms with Gasteiger partial charge in [-0.1, -0.05) is 50.2 Å². The van der Waals surface area contributed by atoms with Gasteiger partial charge < -0.3 is 19.1 Å². The lowest BCUT2D eigenvalue weighted by molar-refractivity contribution is -0.166. The van der Waals surface area contributed by atoms with E-state index in [2.05, 4.69) is 62.1 Å². The van der Waals surface area contributed by atoms with E-state index in [1.165, 1.54) is 0 Å². The molecular weight excluding hydrogens is 536 g/mol. The highest BCUT2D eigenvalue weighted by Gasteiger charge is 2.37. The first-order chi connectivity index (χ1) is 20.2. The Bertz CT molecular complexity index is 1390. The Morgan fingerprint density at radius 2 is 1.44 bits per heavy atom. The molecule has 0 radical (unpaired) electrons. The van der Waals surface area contributed by atoms with Gasteiger partial charge in [0, 0.05) is 35.6 Å². The van der Waals surface area contributed by atoms with Crippen LogP contribution >= 0.6 is 0 Å². The van der Waals surface area contributed by atoms with E-state index in [1.807, 2.05) is 60.6 Å². The van der Waals surface area contributed by atoms with Crippen LogP contribution in [0.15, 0.2) is 48.5 Å². The van der Waals surface area contributed by atoms with Gasteiger partial charge in [0.2, 0.25) is 0 Å². The number of hydrogen-bond acceptors (Lipinski definition) is 6. The van der Waals surface area contributed by atoms with Crippen molar-refractivity contribution in [2.45, 2.75) is 99.9 Å². The molecular formula is C37H50N2O4. The molecule has 0 N–H and O–H groups in total. The standard InChI is InChI=1S/C37H50N2O4/c1-11-41-35(40)34(43-36(6,7)8)32-26(5)38-25(4)31(33(32)39-22-20-37(9,10)21-23-39)29-14-12-27(13-15-29)28-16-18-30(19-17-28)42-24(2)3/h12-19,24,34H,11,20-23H2,1-10H3/t34-/m0/s1. The number of ether oxygens (including phenoxy) is 3. The molecule has 1 saturated heterocycles. The van der Waals surface area contributed by atoms with Gasteiger partial charge in [0.15, 0.2) is 6.10 Å². The van der Waals surface area contributed by atoms with E-state index < -0.39 is 11.7 Å². The number of hydrogen-bond donors (Lipinski definition) is 0. The second-order valence-corrected chi connectivity index (χ2v) is 13.7. The molecule has 1 aliphatic heterocycles. The van der Waals surface area contributed by atoms with E-state index in [1.54, 1.807) is 0 Å². The predicted molar refractivity (Wildman–Crippen MR) is 176 cm³/mol. The highest BCUT2D eigenvalue weighted by Crippen LogP contribution is 2.45. The van der Waals surface area contributed by atoms with Gasteiger partial charge in [-0.2, -0.15) is 0 Å². The summed E-state index contributed by atoms with van der Waals surface area (Å²) in [5.41, 5.74) is 7.63. The summed E-state index contributed by atoms with van der Waals surface area (Å²) in [5.74, 6) is 0.489. The molecule has 0 unspecified atom stereocenters. The molecule has 3 aromatic rings. The smallest absolute Gasteiger partial charge is 0.340 e. The van der Waals surface area contributed by atoms with Crippen LogP contribution in [0.5, 0.6) is 5.75 Å². The zero-order valence-electron chi connectivity index (χ0n) is 27.8. The van der Waals surface area contributed by atoms with Gasteiger partial charge in [0.25, 0.3) is 0 Å². The van der Waals surface area contributed by atoms with E-state index in [-0.39, 0.29) is 24.1 Å². The van der Waals surface area contributed by atoms with Crippen molar-refractivity contribution in [2.75, 3.05) is 24.6 Å². The fourth-order valence-electron chi connectivity index (χ4n) is 5.79. The average Bonchev–Trinajstić information content (AvgIpc) is 2.92. The number of anilines is 1. The summed E-state index contributed by atoms with van der Waals surface area (Å²) in [5, 5.41) is 0. The maximum absolute atomic E-state index is 13.5. The second kappa shape index (κ2) is 13.1. The highest BCUT2D eigenvalue weighted by molar-refractivity contribution is 5.89. The lowest BCUT2D eigenvalue weighted by Gasteiger charge is -2.41. The maximum Gasteiger partial charge on any atom is 0.340 e. The molecule has 0 aliphatic carbocycles. The molecule has 2 heterocycles. The molecule has 0 saturated carbocycles. The zero-order valence-corrected chi connectivity index (χ0v) is 27.8. The average molecular weight is 587 g/mol. The monoisotopic (exact) mass is 586 g/mol. The third kappa shape index (κ3) is 7.97. The minimum atomic E-state index is -0.886. The van der Waals surface area contributed by atoms with Crippen LogP contribution < -0.4 is 9.64 Å². The Hall–Kier alpha value is -3.38. The Balaban J connectivity index is 1.85. The molecule has 6 nitrogen and oxygen atoms in total. The van der Waals surface area contributed by atoms with Gasteiger partial charge in [0.05, 0.1) is 24.0 Å². The van der Waals surface area contributed by atoms with Gasteiger partial charge >= 0.3 is 5.97 Å². The third-order valence-electron chi connectivity index (χ3n) is 7.98. The van der Waals surface area contributed by atoms with Crippen LogP contribution in [0.3, 0.4) is 0 Å². The summed E-state index contributed by atoms with van der Waals surface area (Å²) in [6.45, 7) is 22.6. The van der Waals surface area contributed by atoms with Crippen molar-refractivity contribution < 1.29 is 19.0 Å². The van der Waals surface area contributed by atoms with Crippen LogP contribution in [-0.2, 0) is 14.3 Å². The Labute approximate surface area is 258 Å². The summed E-state index contributed by atoms with van der Waals surface area (Å²) < 4.78 is 17.9. The molecule has 4 rings (SSSR count). The molecule has 1 fully saturated rings. The van der Waals surface area contributed by atoms with Crippen molar-refractivity contribution in [1.29, 1.82) is 0 Å². The van der Waals surface area contributed by atoms with Gasteiger partial charge in [0.1, 0.15) is 5.75 Å². The van der Waals surface area contributed by atoms with E-state index in [9.17, 15) is 4.79 Å². The van der Waals surface area contributed by atoms with Crippen LogP contribution in [0, 0.1) is 19.3 Å². The number of rotatable bonds is 9. The van der Waals surface area contributed by atoms with Crippen LogP contribution in [0.1, 0.15) is 91.3 Å². The van der Waals surface area contributed by atoms with E-state index >= 15 is 0 Å². The first kappa shape index (κ1) is 32.5. The summed E-state index contributed by atoms with van der Waals surface area (Å²) in [6.07, 6.45) is 1.37. The first-order valence-electron chi connectivity index (χ1n) is 15.7. The van der Waals surface area contributed by atoms with Crippen molar-refractivity contribution in [2.24, 2.45) is 5.41 Å². The molecule has 1 aromatic heterocycles. The second-order valence-electron chi connectivity index (χ2n) is 13.7. The number of benzene rings is 2. The summed E-state index contributed by atoms with van der Waals surface area (Å²) in [6, 6.07) is 16.9. The summed E-state index contributed by atoms with van der Waals surface area (Å²) in [4.78, 5) is 21.0. The van der Waals surface area contributed by atoms with E-state index in [0.717, 1.165) is 76.6 Å². The molecule has 0 amide bonds. The number of piperidine rings is 1. The Morgan fingerprint density at radius 1 is 0.907 bits per heavy atom. The van der Waals surface area contributed by atoms with Gasteiger partial charge in [-0.05, 0) is 102 Å². The molecule has 43 heavy (non-hydrogen) atoms. The van der Waals surface area contributed by atoms with Crippen LogP contribution in [0.4, 0.5) is 5.69 Å². The largest absolute Gasteiger partial charge is 0.491 e. The van der Waals surface area contributed by atoms with E-state index in [4.69, 9.17) is 19.2 Å². The van der Waals surface area contributed by atoms with Gasteiger partial charge in [-0.15, -0.1) is 0 Å². The SMILES string of the molecule is CCOC(=O)[C@@H](OC(C)(C)C)c1c(C)nc(C)c(-c2ccc(-c3ccc(OC(C)C)cc3)cc2)c1N1CCC(C)(C)CC1. The normalized spacial score (nSPS) is 15.8. The summed E-state index contributed by atoms with van der Waals surface area (Å²) >= 11 is 0. The minimum absolute atomic E-state index is 0.138. The van der Waals surface area contributed by atoms with Gasteiger partial charge in [-0.25, -0.2) is 4.79 Å². The number of carbonyl (C=O) groups excluding carboxylic acids is 1. The highest BCUT2D eigenvalue weighted by atomic mass is 16.6. The first-order valence-corrected chi connectivity index (χ1v) is 15.7. The fourth-order valence-corrected chi connectivity index (χ4v) is 5.79. The fraction of sp³-hybridized carbons (Fsp3) is 0.514. The number of pyridine rings is 1.